The fraction of sp³-hybridized carbons (Fsp3) is 0.158. The standard InChI is InChI=1S/C19H19N3O4S2/c1-3-22-12-15(8-9-17(22)23)20-19(24)18-16(10-11-27-18)28(25,26)21-14-6-4-13(2)5-7-14/h4-12,21H,3H2,1-2H3,(H,20,24). The Balaban J connectivity index is 1.85. The van der Waals surface area contributed by atoms with Crippen LogP contribution in [0.5, 0.6) is 0 Å². The number of benzene rings is 1. The number of sulfonamides is 1. The topological polar surface area (TPSA) is 97.3 Å². The molecule has 1 aromatic carbocycles. The average molecular weight is 418 g/mol. The maximum absolute atomic E-state index is 12.7. The van der Waals surface area contributed by atoms with Crippen LogP contribution in [0.15, 0.2) is 63.7 Å². The SMILES string of the molecule is CCn1cc(NC(=O)c2sccc2S(=O)(=O)Nc2ccc(C)cc2)ccc1=O. The summed E-state index contributed by atoms with van der Waals surface area (Å²) in [5.74, 6) is -0.555. The van der Waals surface area contributed by atoms with Gasteiger partial charge in [-0.1, -0.05) is 17.7 Å². The second kappa shape index (κ2) is 7.99. The van der Waals surface area contributed by atoms with E-state index in [1.807, 2.05) is 13.8 Å². The molecule has 7 nitrogen and oxygen atoms in total. The maximum atomic E-state index is 12.7. The Morgan fingerprint density at radius 2 is 1.75 bits per heavy atom. The second-order valence-electron chi connectivity index (χ2n) is 6.08. The van der Waals surface area contributed by atoms with Gasteiger partial charge in [0.2, 0.25) is 0 Å². The minimum absolute atomic E-state index is 0.0638. The predicted molar refractivity (Wildman–Crippen MR) is 111 cm³/mol. The summed E-state index contributed by atoms with van der Waals surface area (Å²) >= 11 is 1.03. The van der Waals surface area contributed by atoms with E-state index in [1.54, 1.807) is 29.6 Å². The molecule has 0 saturated heterocycles. The molecular weight excluding hydrogens is 398 g/mol. The first-order valence-electron chi connectivity index (χ1n) is 8.49. The van der Waals surface area contributed by atoms with Crippen LogP contribution in [0.4, 0.5) is 11.4 Å². The molecule has 0 atom stereocenters. The highest BCUT2D eigenvalue weighted by Crippen LogP contribution is 2.25. The largest absolute Gasteiger partial charge is 0.320 e. The van der Waals surface area contributed by atoms with Gasteiger partial charge in [0.05, 0.1) is 5.69 Å². The number of amides is 1. The number of pyridine rings is 1. The lowest BCUT2D eigenvalue weighted by molar-refractivity contribution is 0.102. The van der Waals surface area contributed by atoms with E-state index in [1.165, 1.54) is 29.0 Å². The number of nitrogens with zero attached hydrogens (tertiary/aromatic N) is 1. The number of rotatable bonds is 6. The van der Waals surface area contributed by atoms with Crippen molar-refractivity contribution in [3.8, 4) is 0 Å². The van der Waals surface area contributed by atoms with Crippen molar-refractivity contribution < 1.29 is 13.2 Å². The molecule has 2 N–H and O–H groups in total. The van der Waals surface area contributed by atoms with Crippen LogP contribution in [0, 0.1) is 6.92 Å². The third-order valence-corrected chi connectivity index (χ3v) is 6.48. The molecule has 0 bridgehead atoms. The van der Waals surface area contributed by atoms with E-state index >= 15 is 0 Å². The predicted octanol–water partition coefficient (Wildman–Crippen LogP) is 3.29. The lowest BCUT2D eigenvalue weighted by Gasteiger charge is -2.10. The van der Waals surface area contributed by atoms with Gasteiger partial charge in [0, 0.05) is 24.5 Å². The lowest BCUT2D eigenvalue weighted by atomic mass is 10.2. The quantitative estimate of drug-likeness (QED) is 0.643. The van der Waals surface area contributed by atoms with E-state index in [-0.39, 0.29) is 15.3 Å². The molecule has 0 saturated carbocycles. The highest BCUT2D eigenvalue weighted by Gasteiger charge is 2.24. The van der Waals surface area contributed by atoms with Gasteiger partial charge >= 0.3 is 0 Å². The summed E-state index contributed by atoms with van der Waals surface area (Å²) in [6.45, 7) is 4.18. The molecule has 1 amide bonds. The number of nitrogens with one attached hydrogen (secondary N) is 2. The molecule has 2 aromatic heterocycles. The highest BCUT2D eigenvalue weighted by molar-refractivity contribution is 7.93. The Kier molecular flexibility index (Phi) is 5.66. The lowest BCUT2D eigenvalue weighted by Crippen LogP contribution is -2.21. The Bertz CT molecular complexity index is 1160. The molecule has 3 aromatic rings. The molecule has 0 aliphatic carbocycles. The number of hydrogen-bond donors (Lipinski definition) is 2. The summed E-state index contributed by atoms with van der Waals surface area (Å²) in [6, 6.07) is 11.1. The number of aryl methyl sites for hydroxylation is 2. The van der Waals surface area contributed by atoms with Gasteiger partial charge in [0.25, 0.3) is 21.5 Å². The normalized spacial score (nSPS) is 11.2. The Hall–Kier alpha value is -2.91. The molecule has 28 heavy (non-hydrogen) atoms. The molecule has 0 spiro atoms. The third kappa shape index (κ3) is 4.32. The van der Waals surface area contributed by atoms with Crippen molar-refractivity contribution in [1.82, 2.24) is 4.57 Å². The Morgan fingerprint density at radius 3 is 2.43 bits per heavy atom. The summed E-state index contributed by atoms with van der Waals surface area (Å²) in [6.07, 6.45) is 1.52. The summed E-state index contributed by atoms with van der Waals surface area (Å²) < 4.78 is 29.4. The van der Waals surface area contributed by atoms with Crippen LogP contribution in [0.3, 0.4) is 0 Å². The molecule has 146 valence electrons. The minimum atomic E-state index is -3.93. The van der Waals surface area contributed by atoms with Crippen molar-refractivity contribution in [2.45, 2.75) is 25.3 Å². The van der Waals surface area contributed by atoms with Crippen LogP contribution in [-0.2, 0) is 16.6 Å². The molecule has 0 radical (unpaired) electrons. The van der Waals surface area contributed by atoms with Crippen molar-refractivity contribution in [1.29, 1.82) is 0 Å². The number of hydrogen-bond acceptors (Lipinski definition) is 5. The zero-order valence-corrected chi connectivity index (χ0v) is 16.9. The number of aromatic nitrogens is 1. The Labute approximate surface area is 166 Å². The van der Waals surface area contributed by atoms with Crippen molar-refractivity contribution in [2.75, 3.05) is 10.0 Å². The van der Waals surface area contributed by atoms with Crippen molar-refractivity contribution in [3.05, 3.63) is 74.8 Å². The number of carbonyl (C=O) groups is 1. The first kappa shape index (κ1) is 19.8. The van der Waals surface area contributed by atoms with Crippen molar-refractivity contribution in [2.24, 2.45) is 0 Å². The van der Waals surface area contributed by atoms with Gasteiger partial charge in [-0.05, 0) is 43.5 Å². The molecule has 2 heterocycles. The molecule has 3 rings (SSSR count). The summed E-state index contributed by atoms with van der Waals surface area (Å²) in [5, 5.41) is 4.20. The van der Waals surface area contributed by atoms with Crippen molar-refractivity contribution >= 4 is 38.6 Å². The second-order valence-corrected chi connectivity index (χ2v) is 8.65. The molecular formula is C19H19N3O4S2. The molecule has 0 aliphatic rings. The van der Waals surface area contributed by atoms with Crippen LogP contribution in [0.25, 0.3) is 0 Å². The zero-order valence-electron chi connectivity index (χ0n) is 15.3. The summed E-state index contributed by atoms with van der Waals surface area (Å²) in [5.41, 5.74) is 1.65. The van der Waals surface area contributed by atoms with E-state index in [9.17, 15) is 18.0 Å². The van der Waals surface area contributed by atoms with E-state index in [4.69, 9.17) is 0 Å². The van der Waals surface area contributed by atoms with Crippen LogP contribution in [0.2, 0.25) is 0 Å². The van der Waals surface area contributed by atoms with E-state index in [0.717, 1.165) is 16.9 Å². The fourth-order valence-corrected chi connectivity index (χ4v) is 4.93. The molecule has 0 fully saturated rings. The van der Waals surface area contributed by atoms with Crippen LogP contribution in [-0.4, -0.2) is 18.9 Å². The third-order valence-electron chi connectivity index (χ3n) is 4.01. The summed E-state index contributed by atoms with van der Waals surface area (Å²) in [7, 11) is -3.93. The molecule has 0 unspecified atom stereocenters. The van der Waals surface area contributed by atoms with Crippen LogP contribution < -0.4 is 15.6 Å². The fourth-order valence-electron chi connectivity index (χ4n) is 2.55. The van der Waals surface area contributed by atoms with Crippen molar-refractivity contribution in [3.63, 3.8) is 0 Å². The van der Waals surface area contributed by atoms with Gasteiger partial charge < -0.3 is 9.88 Å². The average Bonchev–Trinajstić information content (AvgIpc) is 3.16. The monoisotopic (exact) mass is 417 g/mol. The first-order chi connectivity index (χ1) is 13.3. The zero-order chi connectivity index (χ0) is 20.3. The van der Waals surface area contributed by atoms with E-state index in [2.05, 4.69) is 10.0 Å². The van der Waals surface area contributed by atoms with E-state index in [0.29, 0.717) is 17.9 Å². The minimum Gasteiger partial charge on any atom is -0.320 e. The van der Waals surface area contributed by atoms with Crippen LogP contribution >= 0.6 is 11.3 Å². The number of thiophene rings is 1. The number of anilines is 2. The van der Waals surface area contributed by atoms with Gasteiger partial charge in [-0.2, -0.15) is 0 Å². The molecule has 0 aliphatic heterocycles. The van der Waals surface area contributed by atoms with Gasteiger partial charge in [0.15, 0.2) is 0 Å². The van der Waals surface area contributed by atoms with Crippen LogP contribution in [0.1, 0.15) is 22.2 Å². The van der Waals surface area contributed by atoms with Gasteiger partial charge in [-0.15, -0.1) is 11.3 Å². The van der Waals surface area contributed by atoms with Gasteiger partial charge in [-0.25, -0.2) is 8.42 Å². The Morgan fingerprint density at radius 1 is 1.07 bits per heavy atom. The highest BCUT2D eigenvalue weighted by atomic mass is 32.2. The smallest absolute Gasteiger partial charge is 0.267 e. The summed E-state index contributed by atoms with van der Waals surface area (Å²) in [4.78, 5) is 24.3. The number of carbonyl (C=O) groups excluding carboxylic acids is 1. The van der Waals surface area contributed by atoms with Gasteiger partial charge in [0.1, 0.15) is 9.77 Å². The first-order valence-corrected chi connectivity index (χ1v) is 10.9. The van der Waals surface area contributed by atoms with Gasteiger partial charge in [-0.3, -0.25) is 14.3 Å². The molecule has 9 heteroatoms. The van der Waals surface area contributed by atoms with E-state index < -0.39 is 15.9 Å². The maximum Gasteiger partial charge on any atom is 0.267 e.